The van der Waals surface area contributed by atoms with Crippen molar-refractivity contribution in [3.8, 4) is 0 Å². The van der Waals surface area contributed by atoms with Crippen LogP contribution >= 0.6 is 23.4 Å². The topological polar surface area (TPSA) is 101 Å². The number of ether oxygens (including phenoxy) is 2. The number of carbonyl (C=O) groups excluding carboxylic acids is 1. The maximum absolute atomic E-state index is 12.6. The first-order chi connectivity index (χ1) is 16.9. The van der Waals surface area contributed by atoms with Crippen LogP contribution in [-0.2, 0) is 9.47 Å². The zero-order chi connectivity index (χ0) is 24.6. The monoisotopic (exact) mass is 519 g/mol. The molecule has 3 aliphatic rings. The molecule has 0 amide bonds. The molecule has 0 unspecified atom stereocenters. The number of rotatable bonds is 6. The van der Waals surface area contributed by atoms with Crippen molar-refractivity contribution < 1.29 is 19.4 Å². The Balaban J connectivity index is 1.34. The van der Waals surface area contributed by atoms with Crippen molar-refractivity contribution >= 4 is 41.0 Å². The van der Waals surface area contributed by atoms with Gasteiger partial charge in [0.05, 0.1) is 31.0 Å². The molecule has 5 rings (SSSR count). The Bertz CT molecular complexity index is 1090. The van der Waals surface area contributed by atoms with Gasteiger partial charge in [-0.25, -0.2) is 19.7 Å². The fourth-order valence-corrected chi connectivity index (χ4v) is 6.28. The van der Waals surface area contributed by atoms with Gasteiger partial charge in [-0.3, -0.25) is 0 Å². The van der Waals surface area contributed by atoms with Crippen LogP contribution in [0, 0.1) is 11.3 Å². The molecule has 1 spiro atoms. The third-order valence-electron chi connectivity index (χ3n) is 7.19. The Morgan fingerprint density at radius 3 is 2.71 bits per heavy atom. The summed E-state index contributed by atoms with van der Waals surface area (Å²) in [6.07, 6.45) is 6.77. The highest BCUT2D eigenvalue weighted by Crippen LogP contribution is 2.43. The van der Waals surface area contributed by atoms with Gasteiger partial charge in [0.1, 0.15) is 10.8 Å². The molecule has 2 aromatic heterocycles. The van der Waals surface area contributed by atoms with Crippen LogP contribution in [0.2, 0.25) is 5.02 Å². The molecule has 3 saturated heterocycles. The van der Waals surface area contributed by atoms with E-state index in [0.717, 1.165) is 56.9 Å². The number of hydrogen-bond donors (Lipinski definition) is 1. The second kappa shape index (κ2) is 10.1. The lowest BCUT2D eigenvalue weighted by Gasteiger charge is -2.39. The molecule has 9 nitrogen and oxygen atoms in total. The van der Waals surface area contributed by atoms with E-state index in [0.29, 0.717) is 27.8 Å². The fourth-order valence-electron chi connectivity index (χ4n) is 5.15. The quantitative estimate of drug-likeness (QED) is 0.572. The van der Waals surface area contributed by atoms with Gasteiger partial charge in [0.25, 0.3) is 0 Å². The summed E-state index contributed by atoms with van der Waals surface area (Å²) in [6.45, 7) is 6.13. The summed E-state index contributed by atoms with van der Waals surface area (Å²) in [6, 6.07) is 1.82. The minimum absolute atomic E-state index is 0.158. The molecular weight excluding hydrogens is 490 g/mol. The lowest BCUT2D eigenvalue weighted by atomic mass is 9.77. The highest BCUT2D eigenvalue weighted by molar-refractivity contribution is 7.99. The SMILES string of the molecule is COC(=O)c1nc(Sc2ccnc(N3CC(CO)C3)c2Cl)cnc1N1CCC2(CC1)CO[C@@H](C)C2. The van der Waals surface area contributed by atoms with Crippen molar-refractivity contribution in [1.29, 1.82) is 0 Å². The minimum Gasteiger partial charge on any atom is -0.464 e. The number of piperidine rings is 1. The smallest absolute Gasteiger partial charge is 0.360 e. The standard InChI is InChI=1S/C24H30ClN5O4S/c1-15-9-24(14-34-15)4-7-29(8-5-24)22-20(23(32)33-2)28-18(10-27-22)35-17-3-6-26-21(19(17)25)30-11-16(12-30)13-31/h3,6,10,15-16,31H,4-5,7-9,11-14H2,1-2H3/t15-/m0/s1. The van der Waals surface area contributed by atoms with Crippen molar-refractivity contribution in [3.05, 3.63) is 29.2 Å². The number of halogens is 1. The average Bonchev–Trinajstić information content (AvgIpc) is 3.20. The van der Waals surface area contributed by atoms with Gasteiger partial charge in [-0.2, -0.15) is 0 Å². The number of anilines is 2. The van der Waals surface area contributed by atoms with E-state index in [1.54, 1.807) is 12.4 Å². The Morgan fingerprint density at radius 2 is 2.06 bits per heavy atom. The molecule has 5 heterocycles. The molecule has 188 valence electrons. The number of pyridine rings is 1. The Kier molecular flexibility index (Phi) is 7.07. The van der Waals surface area contributed by atoms with E-state index in [1.165, 1.54) is 18.9 Å². The lowest BCUT2D eigenvalue weighted by molar-refractivity contribution is 0.0593. The van der Waals surface area contributed by atoms with Crippen LogP contribution in [-0.4, -0.2) is 78.6 Å². The number of nitrogens with zero attached hydrogens (tertiary/aromatic N) is 5. The summed E-state index contributed by atoms with van der Waals surface area (Å²) < 4.78 is 10.9. The van der Waals surface area contributed by atoms with Crippen LogP contribution < -0.4 is 9.80 Å². The summed E-state index contributed by atoms with van der Waals surface area (Å²) in [5.74, 6) is 0.983. The van der Waals surface area contributed by atoms with E-state index < -0.39 is 5.97 Å². The molecule has 1 atom stereocenters. The van der Waals surface area contributed by atoms with Crippen molar-refractivity contribution in [2.45, 2.75) is 42.2 Å². The molecule has 0 aliphatic carbocycles. The van der Waals surface area contributed by atoms with Crippen LogP contribution in [0.15, 0.2) is 28.4 Å². The summed E-state index contributed by atoms with van der Waals surface area (Å²) in [5, 5.41) is 10.4. The van der Waals surface area contributed by atoms with Crippen LogP contribution in [0.1, 0.15) is 36.7 Å². The number of aliphatic hydroxyl groups is 1. The van der Waals surface area contributed by atoms with Gasteiger partial charge in [-0.05, 0) is 37.7 Å². The van der Waals surface area contributed by atoms with Gasteiger partial charge in [0.2, 0.25) is 0 Å². The molecular formula is C24H30ClN5O4S. The van der Waals surface area contributed by atoms with Gasteiger partial charge in [-0.15, -0.1) is 0 Å². The van der Waals surface area contributed by atoms with Crippen LogP contribution in [0.4, 0.5) is 11.6 Å². The van der Waals surface area contributed by atoms with E-state index in [1.807, 2.05) is 11.0 Å². The first-order valence-electron chi connectivity index (χ1n) is 11.9. The van der Waals surface area contributed by atoms with E-state index >= 15 is 0 Å². The molecule has 0 radical (unpaired) electrons. The predicted molar refractivity (Wildman–Crippen MR) is 133 cm³/mol. The van der Waals surface area contributed by atoms with Gasteiger partial charge in [0.15, 0.2) is 11.5 Å². The summed E-state index contributed by atoms with van der Waals surface area (Å²) in [7, 11) is 1.36. The summed E-state index contributed by atoms with van der Waals surface area (Å²) in [5.41, 5.74) is 0.442. The van der Waals surface area contributed by atoms with Gasteiger partial charge >= 0.3 is 5.97 Å². The van der Waals surface area contributed by atoms with E-state index in [4.69, 9.17) is 21.1 Å². The third-order valence-corrected chi connectivity index (χ3v) is 8.64. The van der Waals surface area contributed by atoms with E-state index in [2.05, 4.69) is 26.8 Å². The van der Waals surface area contributed by atoms with E-state index in [9.17, 15) is 9.90 Å². The molecule has 3 aliphatic heterocycles. The number of methoxy groups -OCH3 is 1. The predicted octanol–water partition coefficient (Wildman–Crippen LogP) is 3.29. The average molecular weight is 520 g/mol. The number of aromatic nitrogens is 3. The maximum Gasteiger partial charge on any atom is 0.360 e. The highest BCUT2D eigenvalue weighted by atomic mass is 35.5. The Morgan fingerprint density at radius 1 is 1.29 bits per heavy atom. The first-order valence-corrected chi connectivity index (χ1v) is 13.1. The molecule has 0 saturated carbocycles. The zero-order valence-corrected chi connectivity index (χ0v) is 21.5. The molecule has 11 heteroatoms. The van der Waals surface area contributed by atoms with Crippen LogP contribution in [0.25, 0.3) is 0 Å². The van der Waals surface area contributed by atoms with Crippen molar-refractivity contribution in [1.82, 2.24) is 15.0 Å². The highest BCUT2D eigenvalue weighted by Gasteiger charge is 2.41. The number of carbonyl (C=O) groups is 1. The number of hydrogen-bond acceptors (Lipinski definition) is 10. The molecule has 0 bridgehead atoms. The number of aliphatic hydroxyl groups excluding tert-OH is 1. The Hall–Kier alpha value is -2.14. The van der Waals surface area contributed by atoms with Crippen molar-refractivity contribution in [2.75, 3.05) is 56.3 Å². The third kappa shape index (κ3) is 4.94. The summed E-state index contributed by atoms with van der Waals surface area (Å²) in [4.78, 5) is 31.3. The largest absolute Gasteiger partial charge is 0.464 e. The normalized spacial score (nSPS) is 21.9. The summed E-state index contributed by atoms with van der Waals surface area (Å²) >= 11 is 8.00. The molecule has 1 N–H and O–H groups in total. The molecule has 3 fully saturated rings. The zero-order valence-electron chi connectivity index (χ0n) is 19.9. The first kappa shape index (κ1) is 24.5. The van der Waals surface area contributed by atoms with Crippen molar-refractivity contribution in [3.63, 3.8) is 0 Å². The Labute approximate surface area is 214 Å². The van der Waals surface area contributed by atoms with Crippen LogP contribution in [0.5, 0.6) is 0 Å². The molecule has 35 heavy (non-hydrogen) atoms. The minimum atomic E-state index is -0.509. The number of esters is 1. The van der Waals surface area contributed by atoms with Gasteiger partial charge in [-0.1, -0.05) is 23.4 Å². The van der Waals surface area contributed by atoms with E-state index in [-0.39, 0.29) is 23.6 Å². The van der Waals surface area contributed by atoms with Gasteiger partial charge in [0, 0.05) is 49.8 Å². The molecule has 2 aromatic rings. The lowest BCUT2D eigenvalue weighted by Crippen LogP contribution is -2.48. The van der Waals surface area contributed by atoms with Gasteiger partial charge < -0.3 is 24.4 Å². The maximum atomic E-state index is 12.6. The fraction of sp³-hybridized carbons (Fsp3) is 0.583. The van der Waals surface area contributed by atoms with Crippen molar-refractivity contribution in [2.24, 2.45) is 11.3 Å². The second-order valence-electron chi connectivity index (χ2n) is 9.69. The second-order valence-corrected chi connectivity index (χ2v) is 11.1. The van der Waals surface area contributed by atoms with Crippen LogP contribution in [0.3, 0.4) is 0 Å². The molecule has 0 aromatic carbocycles.